The summed E-state index contributed by atoms with van der Waals surface area (Å²) >= 11 is 0. The molecule has 1 aliphatic carbocycles. The first-order valence-corrected chi connectivity index (χ1v) is 11.4. The van der Waals surface area contributed by atoms with Crippen LogP contribution in [0.3, 0.4) is 0 Å². The number of hydrogen-bond donors (Lipinski definition) is 1. The molecule has 0 saturated heterocycles. The Balaban J connectivity index is 1.43. The zero-order valence-electron chi connectivity index (χ0n) is 18.3. The Morgan fingerprint density at radius 2 is 1.84 bits per heavy atom. The molecule has 1 N–H and O–H groups in total. The molecule has 5 nitrogen and oxygen atoms in total. The van der Waals surface area contributed by atoms with Gasteiger partial charge in [-0.15, -0.1) is 0 Å². The molecular formula is C27H30N2O3. The van der Waals surface area contributed by atoms with E-state index in [1.54, 1.807) is 12.1 Å². The van der Waals surface area contributed by atoms with E-state index in [1.165, 1.54) is 38.2 Å². The van der Waals surface area contributed by atoms with E-state index in [2.05, 4.69) is 5.32 Å². The van der Waals surface area contributed by atoms with Crippen molar-refractivity contribution >= 4 is 11.7 Å². The van der Waals surface area contributed by atoms with Gasteiger partial charge in [0.1, 0.15) is 11.6 Å². The minimum absolute atomic E-state index is 0.0447. The molecule has 1 fully saturated rings. The Kier molecular flexibility index (Phi) is 7.38. The number of nitrogens with zero attached hydrogens (tertiary/aromatic N) is 1. The highest BCUT2D eigenvalue weighted by molar-refractivity contribution is 5.97. The molecular weight excluding hydrogens is 400 g/mol. The first-order chi connectivity index (χ1) is 15.7. The average molecular weight is 431 g/mol. The van der Waals surface area contributed by atoms with Gasteiger partial charge in [-0.25, -0.2) is 0 Å². The van der Waals surface area contributed by atoms with E-state index in [0.29, 0.717) is 42.6 Å². The van der Waals surface area contributed by atoms with Crippen LogP contribution in [0, 0.1) is 5.92 Å². The van der Waals surface area contributed by atoms with Crippen LogP contribution >= 0.6 is 0 Å². The first kappa shape index (κ1) is 21.9. The number of ether oxygens (including phenoxy) is 1. The molecule has 32 heavy (non-hydrogen) atoms. The lowest BCUT2D eigenvalue weighted by Gasteiger charge is -2.24. The maximum atomic E-state index is 13.0. The van der Waals surface area contributed by atoms with Crippen molar-refractivity contribution in [2.24, 2.45) is 5.92 Å². The SMILES string of the molecule is O=C1C=C(NC(=O)c2cccc(OCC3CCCCC3)c2)N(Cc2ccccc2)C=CC1. The second-order valence-electron chi connectivity index (χ2n) is 8.50. The minimum atomic E-state index is -0.263. The summed E-state index contributed by atoms with van der Waals surface area (Å²) in [6, 6.07) is 17.2. The lowest BCUT2D eigenvalue weighted by Crippen LogP contribution is -2.32. The van der Waals surface area contributed by atoms with Gasteiger partial charge in [-0.1, -0.05) is 61.7 Å². The lowest BCUT2D eigenvalue weighted by atomic mass is 9.90. The summed E-state index contributed by atoms with van der Waals surface area (Å²) in [5.41, 5.74) is 1.59. The molecule has 0 radical (unpaired) electrons. The third-order valence-electron chi connectivity index (χ3n) is 5.96. The summed E-state index contributed by atoms with van der Waals surface area (Å²) in [5.74, 6) is 1.47. The molecule has 0 bridgehead atoms. The summed E-state index contributed by atoms with van der Waals surface area (Å²) < 4.78 is 5.99. The Morgan fingerprint density at radius 1 is 1.03 bits per heavy atom. The standard InChI is InChI=1S/C27H30N2O3/c30-24-14-8-16-29(19-21-9-3-1-4-10-21)26(18-24)28-27(31)23-13-7-15-25(17-23)32-20-22-11-5-2-6-12-22/h1,3-4,7-10,13,15-18,22H,2,5-6,11-12,14,19-20H2,(H,28,31). The van der Waals surface area contributed by atoms with Gasteiger partial charge in [-0.2, -0.15) is 0 Å². The normalized spacial score (nSPS) is 16.9. The number of rotatable bonds is 7. The Bertz CT molecular complexity index is 991. The quantitative estimate of drug-likeness (QED) is 0.655. The van der Waals surface area contributed by atoms with Crippen LogP contribution in [0.4, 0.5) is 0 Å². The van der Waals surface area contributed by atoms with Gasteiger partial charge >= 0.3 is 0 Å². The Morgan fingerprint density at radius 3 is 2.66 bits per heavy atom. The number of ketones is 1. The number of amides is 1. The van der Waals surface area contributed by atoms with Crippen LogP contribution in [0.5, 0.6) is 5.75 Å². The van der Waals surface area contributed by atoms with E-state index in [0.717, 1.165) is 5.56 Å². The Hall–Kier alpha value is -3.34. The number of allylic oxidation sites excluding steroid dienone is 2. The molecule has 5 heteroatoms. The highest BCUT2D eigenvalue weighted by atomic mass is 16.5. The van der Waals surface area contributed by atoms with E-state index >= 15 is 0 Å². The average Bonchev–Trinajstić information content (AvgIpc) is 3.00. The highest BCUT2D eigenvalue weighted by Crippen LogP contribution is 2.25. The lowest BCUT2D eigenvalue weighted by molar-refractivity contribution is -0.113. The van der Waals surface area contributed by atoms with Gasteiger partial charge in [0.25, 0.3) is 5.91 Å². The first-order valence-electron chi connectivity index (χ1n) is 11.4. The van der Waals surface area contributed by atoms with Crippen LogP contribution in [-0.4, -0.2) is 23.2 Å². The molecule has 0 atom stereocenters. The second kappa shape index (κ2) is 10.8. The third kappa shape index (κ3) is 6.10. The van der Waals surface area contributed by atoms with Crippen molar-refractivity contribution in [3.05, 3.63) is 89.9 Å². The fraction of sp³-hybridized carbons (Fsp3) is 0.333. The van der Waals surface area contributed by atoms with E-state index < -0.39 is 0 Å². The monoisotopic (exact) mass is 430 g/mol. The van der Waals surface area contributed by atoms with Gasteiger partial charge in [0.2, 0.25) is 0 Å². The maximum absolute atomic E-state index is 13.0. The summed E-state index contributed by atoms with van der Waals surface area (Å²) in [6.07, 6.45) is 11.8. The summed E-state index contributed by atoms with van der Waals surface area (Å²) in [5, 5.41) is 2.93. The van der Waals surface area contributed by atoms with E-state index in [1.807, 2.05) is 59.6 Å². The molecule has 0 aromatic heterocycles. The number of hydrogen-bond acceptors (Lipinski definition) is 4. The molecule has 0 unspecified atom stereocenters. The fourth-order valence-corrected chi connectivity index (χ4v) is 4.18. The van der Waals surface area contributed by atoms with Crippen LogP contribution < -0.4 is 10.1 Å². The van der Waals surface area contributed by atoms with Crippen LogP contribution in [-0.2, 0) is 11.3 Å². The van der Waals surface area contributed by atoms with Crippen LogP contribution in [0.25, 0.3) is 0 Å². The number of carbonyl (C=O) groups is 2. The molecule has 0 spiro atoms. The second-order valence-corrected chi connectivity index (χ2v) is 8.50. The maximum Gasteiger partial charge on any atom is 0.256 e. The molecule has 1 amide bonds. The van der Waals surface area contributed by atoms with Crippen molar-refractivity contribution < 1.29 is 14.3 Å². The molecule has 4 rings (SSSR count). The van der Waals surface area contributed by atoms with Gasteiger partial charge in [0.05, 0.1) is 6.61 Å². The van der Waals surface area contributed by atoms with Gasteiger partial charge in [-0.05, 0) is 42.5 Å². The van der Waals surface area contributed by atoms with Crippen molar-refractivity contribution in [1.29, 1.82) is 0 Å². The number of nitrogens with one attached hydrogen (secondary N) is 1. The molecule has 2 aromatic rings. The molecule has 2 aromatic carbocycles. The molecule has 166 valence electrons. The van der Waals surface area contributed by atoms with Crippen molar-refractivity contribution in [1.82, 2.24) is 10.2 Å². The summed E-state index contributed by atoms with van der Waals surface area (Å²) in [4.78, 5) is 27.1. The van der Waals surface area contributed by atoms with Crippen LogP contribution in [0.15, 0.2) is 78.8 Å². The van der Waals surface area contributed by atoms with Gasteiger partial charge in [-0.3, -0.25) is 9.59 Å². The Labute approximate surface area is 189 Å². The topological polar surface area (TPSA) is 58.6 Å². The summed E-state index contributed by atoms with van der Waals surface area (Å²) in [7, 11) is 0. The molecule has 1 saturated carbocycles. The van der Waals surface area contributed by atoms with E-state index in [4.69, 9.17) is 4.74 Å². The van der Waals surface area contributed by atoms with Gasteiger partial charge in [0.15, 0.2) is 5.78 Å². The predicted octanol–water partition coefficient (Wildman–Crippen LogP) is 5.21. The van der Waals surface area contributed by atoms with E-state index in [9.17, 15) is 9.59 Å². The zero-order valence-corrected chi connectivity index (χ0v) is 18.3. The minimum Gasteiger partial charge on any atom is -0.493 e. The van der Waals surface area contributed by atoms with Crippen LogP contribution in [0.2, 0.25) is 0 Å². The van der Waals surface area contributed by atoms with Crippen molar-refractivity contribution in [2.45, 2.75) is 45.1 Å². The summed E-state index contributed by atoms with van der Waals surface area (Å²) in [6.45, 7) is 1.25. The largest absolute Gasteiger partial charge is 0.493 e. The molecule has 1 heterocycles. The van der Waals surface area contributed by atoms with Gasteiger partial charge < -0.3 is 15.0 Å². The van der Waals surface area contributed by atoms with Crippen molar-refractivity contribution in [3.8, 4) is 5.75 Å². The van der Waals surface area contributed by atoms with E-state index in [-0.39, 0.29) is 11.7 Å². The highest BCUT2D eigenvalue weighted by Gasteiger charge is 2.18. The smallest absolute Gasteiger partial charge is 0.256 e. The number of carbonyl (C=O) groups excluding carboxylic acids is 2. The zero-order chi connectivity index (χ0) is 22.2. The molecule has 1 aliphatic heterocycles. The molecule has 2 aliphatic rings. The van der Waals surface area contributed by atoms with Gasteiger partial charge in [0, 0.05) is 30.8 Å². The predicted molar refractivity (Wildman–Crippen MR) is 125 cm³/mol. The van der Waals surface area contributed by atoms with Crippen molar-refractivity contribution in [2.75, 3.05) is 6.61 Å². The fourth-order valence-electron chi connectivity index (χ4n) is 4.18. The van der Waals surface area contributed by atoms with Crippen LogP contribution in [0.1, 0.15) is 54.4 Å². The van der Waals surface area contributed by atoms with Crippen molar-refractivity contribution in [3.63, 3.8) is 0 Å². The number of benzene rings is 2. The third-order valence-corrected chi connectivity index (χ3v) is 5.96.